The molecule has 2 amide bonds. The Kier molecular flexibility index (Phi) is 2.42. The van der Waals surface area contributed by atoms with Gasteiger partial charge in [0.05, 0.1) is 0 Å². The maximum atomic E-state index is 10.7. The monoisotopic (exact) mass is 170 g/mol. The molecule has 0 saturated carbocycles. The summed E-state index contributed by atoms with van der Waals surface area (Å²) in [7, 11) is 0. The van der Waals surface area contributed by atoms with Crippen LogP contribution < -0.4 is 10.4 Å². The van der Waals surface area contributed by atoms with Crippen LogP contribution in [0.5, 0.6) is 0 Å². The topological polar surface area (TPSA) is 86.3 Å². The summed E-state index contributed by atoms with van der Waals surface area (Å²) in [5.41, 5.74) is 0. The van der Waals surface area contributed by atoms with Crippen molar-refractivity contribution >= 4 is 17.8 Å². The highest BCUT2D eigenvalue weighted by molar-refractivity contribution is 5.98. The molecule has 0 aromatic carbocycles. The van der Waals surface area contributed by atoms with Gasteiger partial charge in [0, 0.05) is 18.8 Å². The van der Waals surface area contributed by atoms with Crippen molar-refractivity contribution in [1.29, 1.82) is 0 Å². The third-order valence-electron chi connectivity index (χ3n) is 1.68. The molecule has 0 bridgehead atoms. The molecule has 66 valence electrons. The van der Waals surface area contributed by atoms with Gasteiger partial charge >= 0.3 is 0 Å². The smallest absolute Gasteiger partial charge is 0.226 e. The average molecular weight is 170 g/mol. The molecule has 5 heteroatoms. The Morgan fingerprint density at radius 2 is 1.92 bits per heavy atom. The number of imide groups is 1. The van der Waals surface area contributed by atoms with E-state index in [2.05, 4.69) is 5.32 Å². The molecule has 0 aromatic heterocycles. The number of rotatable bonds is 2. The maximum Gasteiger partial charge on any atom is 0.226 e. The van der Waals surface area contributed by atoms with E-state index in [1.807, 2.05) is 0 Å². The van der Waals surface area contributed by atoms with Gasteiger partial charge in [0.25, 0.3) is 0 Å². The summed E-state index contributed by atoms with van der Waals surface area (Å²) in [5, 5.41) is 12.2. The normalized spacial score (nSPS) is 19.0. The number of hydrogen-bond donors (Lipinski definition) is 1. The predicted octanol–water partition coefficient (Wildman–Crippen LogP) is -1.82. The van der Waals surface area contributed by atoms with Crippen molar-refractivity contribution in [3.05, 3.63) is 0 Å². The predicted molar refractivity (Wildman–Crippen MR) is 35.5 cm³/mol. The summed E-state index contributed by atoms with van der Waals surface area (Å²) in [4.78, 5) is 31.6. The summed E-state index contributed by atoms with van der Waals surface area (Å²) in [5.74, 6) is -2.42. The van der Waals surface area contributed by atoms with Crippen molar-refractivity contribution in [2.45, 2.75) is 19.3 Å². The second kappa shape index (κ2) is 3.34. The Hall–Kier alpha value is -1.39. The molecule has 0 unspecified atom stereocenters. The molecule has 12 heavy (non-hydrogen) atoms. The van der Waals surface area contributed by atoms with E-state index in [4.69, 9.17) is 0 Å². The highest BCUT2D eigenvalue weighted by atomic mass is 16.4. The first-order valence-corrected chi connectivity index (χ1v) is 3.60. The number of piperidine rings is 1. The fourth-order valence-electron chi connectivity index (χ4n) is 1.23. The van der Waals surface area contributed by atoms with E-state index in [0.29, 0.717) is 0 Å². The van der Waals surface area contributed by atoms with Crippen LogP contribution in [0, 0.1) is 5.92 Å². The number of carboxylic acids is 1. The van der Waals surface area contributed by atoms with Gasteiger partial charge in [-0.1, -0.05) is 0 Å². The van der Waals surface area contributed by atoms with Gasteiger partial charge in [0.2, 0.25) is 11.8 Å². The minimum atomic E-state index is -1.22. The lowest BCUT2D eigenvalue weighted by molar-refractivity contribution is -0.306. The highest BCUT2D eigenvalue weighted by Gasteiger charge is 2.24. The first-order chi connectivity index (χ1) is 5.58. The van der Waals surface area contributed by atoms with E-state index in [1.54, 1.807) is 0 Å². The molecule has 0 aromatic rings. The van der Waals surface area contributed by atoms with Crippen molar-refractivity contribution in [2.75, 3.05) is 0 Å². The Labute approximate surface area is 68.8 Å². The van der Waals surface area contributed by atoms with Crippen molar-refractivity contribution in [2.24, 2.45) is 5.92 Å². The SMILES string of the molecule is O=C([O-])CC1CC(=O)NC(=O)C1. The number of amides is 2. The first kappa shape index (κ1) is 8.70. The lowest BCUT2D eigenvalue weighted by Crippen LogP contribution is -2.40. The minimum Gasteiger partial charge on any atom is -0.550 e. The largest absolute Gasteiger partial charge is 0.550 e. The van der Waals surface area contributed by atoms with Gasteiger partial charge in [-0.25, -0.2) is 0 Å². The second-order valence-electron chi connectivity index (χ2n) is 2.82. The van der Waals surface area contributed by atoms with Crippen molar-refractivity contribution in [3.8, 4) is 0 Å². The zero-order valence-electron chi connectivity index (χ0n) is 6.33. The van der Waals surface area contributed by atoms with E-state index in [1.165, 1.54) is 0 Å². The summed E-state index contributed by atoms with van der Waals surface area (Å²) in [6, 6.07) is 0. The average Bonchev–Trinajstić information content (AvgIpc) is 1.81. The highest BCUT2D eigenvalue weighted by Crippen LogP contribution is 2.16. The maximum absolute atomic E-state index is 10.7. The number of carbonyl (C=O) groups excluding carboxylic acids is 3. The van der Waals surface area contributed by atoms with E-state index in [-0.39, 0.29) is 19.3 Å². The lowest BCUT2D eigenvalue weighted by atomic mass is 9.94. The standard InChI is InChI=1S/C7H9NO4/c9-5-1-4(3-7(11)12)2-6(10)8-5/h4H,1-3H2,(H,11,12)(H,8,9,10)/p-1. The van der Waals surface area contributed by atoms with Crippen LogP contribution in [0.2, 0.25) is 0 Å². The van der Waals surface area contributed by atoms with Crippen LogP contribution in [0.15, 0.2) is 0 Å². The number of hydrogen-bond acceptors (Lipinski definition) is 4. The van der Waals surface area contributed by atoms with Crippen molar-refractivity contribution in [1.82, 2.24) is 5.32 Å². The zero-order valence-corrected chi connectivity index (χ0v) is 6.33. The van der Waals surface area contributed by atoms with Crippen LogP contribution in [0.3, 0.4) is 0 Å². The van der Waals surface area contributed by atoms with Crippen LogP contribution in [-0.4, -0.2) is 17.8 Å². The minimum absolute atomic E-state index is 0.0969. The van der Waals surface area contributed by atoms with Gasteiger partial charge in [-0.15, -0.1) is 0 Å². The van der Waals surface area contributed by atoms with Crippen LogP contribution in [-0.2, 0) is 14.4 Å². The van der Waals surface area contributed by atoms with E-state index >= 15 is 0 Å². The molecule has 0 radical (unpaired) electrons. The van der Waals surface area contributed by atoms with Crippen molar-refractivity contribution in [3.63, 3.8) is 0 Å². The Morgan fingerprint density at radius 1 is 1.42 bits per heavy atom. The molecule has 1 fully saturated rings. The molecule has 0 spiro atoms. The van der Waals surface area contributed by atoms with Crippen LogP contribution >= 0.6 is 0 Å². The Bertz CT molecular complexity index is 217. The molecular formula is C7H8NO4-. The molecule has 1 rings (SSSR count). The Balaban J connectivity index is 2.49. The molecule has 1 saturated heterocycles. The summed E-state index contributed by atoms with van der Waals surface area (Å²) >= 11 is 0. The fraction of sp³-hybridized carbons (Fsp3) is 0.571. The summed E-state index contributed by atoms with van der Waals surface area (Å²) < 4.78 is 0. The van der Waals surface area contributed by atoms with Crippen LogP contribution in [0.1, 0.15) is 19.3 Å². The molecule has 0 atom stereocenters. The molecule has 1 aliphatic rings. The van der Waals surface area contributed by atoms with Gasteiger partial charge in [-0.3, -0.25) is 14.9 Å². The van der Waals surface area contributed by atoms with Gasteiger partial charge in [0.1, 0.15) is 0 Å². The lowest BCUT2D eigenvalue weighted by Gasteiger charge is -2.20. The molecule has 0 aliphatic carbocycles. The van der Waals surface area contributed by atoms with E-state index in [0.717, 1.165) is 0 Å². The number of carboxylic acid groups (broad SMARTS) is 1. The van der Waals surface area contributed by atoms with Crippen LogP contribution in [0.4, 0.5) is 0 Å². The van der Waals surface area contributed by atoms with Gasteiger partial charge in [-0.05, 0) is 12.3 Å². The summed E-state index contributed by atoms with van der Waals surface area (Å²) in [6.07, 6.45) is -0.0292. The second-order valence-corrected chi connectivity index (χ2v) is 2.82. The molecule has 5 nitrogen and oxygen atoms in total. The fourth-order valence-corrected chi connectivity index (χ4v) is 1.23. The third kappa shape index (κ3) is 2.34. The van der Waals surface area contributed by atoms with Crippen LogP contribution in [0.25, 0.3) is 0 Å². The van der Waals surface area contributed by atoms with Gasteiger partial charge in [-0.2, -0.15) is 0 Å². The van der Waals surface area contributed by atoms with Gasteiger partial charge < -0.3 is 9.90 Å². The van der Waals surface area contributed by atoms with E-state index in [9.17, 15) is 19.5 Å². The molecular weight excluding hydrogens is 162 g/mol. The van der Waals surface area contributed by atoms with Crippen molar-refractivity contribution < 1.29 is 19.5 Å². The van der Waals surface area contributed by atoms with Gasteiger partial charge in [0.15, 0.2) is 0 Å². The number of carbonyl (C=O) groups is 3. The number of nitrogens with one attached hydrogen (secondary N) is 1. The molecule has 1 aliphatic heterocycles. The van der Waals surface area contributed by atoms with E-state index < -0.39 is 23.7 Å². The molecule has 1 N–H and O–H groups in total. The first-order valence-electron chi connectivity index (χ1n) is 3.60. The summed E-state index contributed by atoms with van der Waals surface area (Å²) in [6.45, 7) is 0. The quantitative estimate of drug-likeness (QED) is 0.494. The third-order valence-corrected chi connectivity index (χ3v) is 1.68. The Morgan fingerprint density at radius 3 is 2.33 bits per heavy atom. The molecule has 1 heterocycles. The number of aliphatic carboxylic acids is 1. The zero-order chi connectivity index (χ0) is 9.14.